The molecule has 270 valence electrons. The van der Waals surface area contributed by atoms with Crippen LogP contribution in [0.4, 0.5) is 0 Å². The summed E-state index contributed by atoms with van der Waals surface area (Å²) in [6.07, 6.45) is -7.78. The molecule has 47 heavy (non-hydrogen) atoms. The van der Waals surface area contributed by atoms with Crippen molar-refractivity contribution in [2.75, 3.05) is 24.7 Å². The molecule has 0 aliphatic carbocycles. The predicted octanol–water partition coefficient (Wildman–Crippen LogP) is -0.636. The minimum atomic E-state index is -2.17. The van der Waals surface area contributed by atoms with E-state index in [1.165, 1.54) is 38.3 Å². The fourth-order valence-electron chi connectivity index (χ4n) is 4.87. The Bertz CT molecular complexity index is 1080. The lowest BCUT2D eigenvalue weighted by molar-refractivity contribution is -0.528. The first-order valence-electron chi connectivity index (χ1n) is 16.1. The normalized spacial score (nSPS) is 24.8. The number of hydrogen-bond donors (Lipinski definition) is 9. The molecule has 1 heterocycles. The number of aliphatic hydroxyl groups excluding tert-OH is 8. The maximum Gasteiger partial charge on any atom is 0.251 e. The monoisotopic (exact) mass is 690 g/mol. The Hall–Kier alpha value is -1.89. The summed E-state index contributed by atoms with van der Waals surface area (Å²) in [5, 5.41) is 95.7. The van der Waals surface area contributed by atoms with Crippen LogP contribution in [0.5, 0.6) is 0 Å². The zero-order chi connectivity index (χ0) is 35.1. The number of aliphatic hydroxyl groups is 8. The van der Waals surface area contributed by atoms with Gasteiger partial charge >= 0.3 is 0 Å². The molecule has 2 rings (SSSR count). The number of thioether (sulfide) groups is 1. The molecule has 15 heteroatoms. The van der Waals surface area contributed by atoms with Crippen LogP contribution in [0.25, 0.3) is 0 Å². The van der Waals surface area contributed by atoms with Gasteiger partial charge in [0.15, 0.2) is 24.1 Å². The molecular weight excluding hydrogens is 636 g/mol. The Balaban J connectivity index is 1.92. The van der Waals surface area contributed by atoms with Crippen LogP contribution >= 0.6 is 11.8 Å². The van der Waals surface area contributed by atoms with Crippen LogP contribution in [0.15, 0.2) is 24.3 Å². The molecule has 1 fully saturated rings. The topological polar surface area (TPSA) is 235 Å². The van der Waals surface area contributed by atoms with E-state index >= 15 is 0 Å². The van der Waals surface area contributed by atoms with Crippen LogP contribution in [0.2, 0.25) is 0 Å². The van der Waals surface area contributed by atoms with Crippen molar-refractivity contribution in [3.05, 3.63) is 40.6 Å². The lowest BCUT2D eigenvalue weighted by Gasteiger charge is -2.42. The molecule has 0 aromatic heterocycles. The number of hydroxylamine groups is 1. The van der Waals surface area contributed by atoms with Crippen molar-refractivity contribution in [1.82, 2.24) is 5.32 Å². The maximum atomic E-state index is 12.9. The van der Waals surface area contributed by atoms with Crippen molar-refractivity contribution >= 4 is 23.9 Å². The van der Waals surface area contributed by atoms with Gasteiger partial charge in [0.25, 0.3) is 5.91 Å². The second-order valence-electron chi connectivity index (χ2n) is 12.5. The number of nitrogens with one attached hydrogen (secondary N) is 1. The number of unbranched alkanes of at least 4 members (excludes halogenated alkanes) is 5. The van der Waals surface area contributed by atoms with Crippen molar-refractivity contribution in [2.45, 2.75) is 127 Å². The number of carbonyl (C=O) groups is 1. The number of ether oxygens (including phenoxy) is 2. The van der Waals surface area contributed by atoms with Gasteiger partial charge in [0, 0.05) is 26.0 Å². The summed E-state index contributed by atoms with van der Waals surface area (Å²) in [7, 11) is 0. The van der Waals surface area contributed by atoms with Crippen molar-refractivity contribution in [3.8, 4) is 0 Å². The van der Waals surface area contributed by atoms with Gasteiger partial charge in [0.2, 0.25) is 0 Å². The largest absolute Gasteiger partial charge is 0.623 e. The van der Waals surface area contributed by atoms with Gasteiger partial charge in [0.05, 0.1) is 19.0 Å². The SMILES string of the molecule is CCCCCCCCSCC(C)(C)/[N+]([O-])=C/c1ccc(CNC(=O)C(O)[C@@H](O)[C@@H](O[C@@H]2OC(CO)[C@H](O)[C@H](O)C2O)C(O)CO)cc1. The number of nitrogens with zero attached hydrogens (tertiary/aromatic N) is 1. The predicted molar refractivity (Wildman–Crippen MR) is 176 cm³/mol. The Morgan fingerprint density at radius 3 is 2.30 bits per heavy atom. The first-order valence-corrected chi connectivity index (χ1v) is 17.3. The van der Waals surface area contributed by atoms with E-state index in [-0.39, 0.29) is 6.54 Å². The first kappa shape index (κ1) is 41.3. The Morgan fingerprint density at radius 2 is 1.68 bits per heavy atom. The van der Waals surface area contributed by atoms with E-state index in [0.717, 1.165) is 16.9 Å². The molecule has 1 aromatic carbocycles. The van der Waals surface area contributed by atoms with Crippen LogP contribution in [0.3, 0.4) is 0 Å². The van der Waals surface area contributed by atoms with Crippen molar-refractivity contribution in [2.24, 2.45) is 0 Å². The highest BCUT2D eigenvalue weighted by Gasteiger charge is 2.47. The maximum absolute atomic E-state index is 12.9. The summed E-state index contributed by atoms with van der Waals surface area (Å²) < 4.78 is 11.5. The van der Waals surface area contributed by atoms with E-state index in [2.05, 4.69) is 12.2 Å². The standard InChI is InChI=1S/C32H54N2O12S/c1-4-5-6-7-8-9-14-47-19-32(2,3)34(44)16-21-12-10-20(11-13-21)15-33-30(43)27(41)26(40)29(22(37)17-35)46-31-28(42)25(39)24(38)23(18-36)45-31/h10-13,16,22-29,31,35-42H,4-9,14-15,17-19H2,1-3H3,(H,33,43)/b34-16-/t22?,23?,24-,25-,26+,27?,28?,29-,31-/m0/s1. The summed E-state index contributed by atoms with van der Waals surface area (Å²) in [6.45, 7) is 4.18. The highest BCUT2D eigenvalue weighted by molar-refractivity contribution is 7.99. The lowest BCUT2D eigenvalue weighted by Crippen LogP contribution is -2.62. The van der Waals surface area contributed by atoms with Gasteiger partial charge < -0.3 is 60.8 Å². The van der Waals surface area contributed by atoms with E-state index in [1.807, 2.05) is 13.8 Å². The second-order valence-corrected chi connectivity index (χ2v) is 13.6. The highest BCUT2D eigenvalue weighted by atomic mass is 32.2. The molecule has 0 saturated carbocycles. The number of rotatable bonds is 21. The van der Waals surface area contributed by atoms with Gasteiger partial charge in [-0.3, -0.25) is 4.79 Å². The minimum absolute atomic E-state index is 0.0641. The smallest absolute Gasteiger partial charge is 0.251 e. The fourth-order valence-corrected chi connectivity index (χ4v) is 6.05. The molecule has 1 amide bonds. The van der Waals surface area contributed by atoms with E-state index in [9.17, 15) is 50.9 Å². The number of carbonyl (C=O) groups excluding carboxylic acids is 1. The molecule has 9 N–H and O–H groups in total. The quantitative estimate of drug-likeness (QED) is 0.0257. The minimum Gasteiger partial charge on any atom is -0.623 e. The average molecular weight is 691 g/mol. The molecular formula is C32H54N2O12S. The zero-order valence-corrected chi connectivity index (χ0v) is 28.2. The summed E-state index contributed by atoms with van der Waals surface area (Å²) in [4.78, 5) is 12.7. The third kappa shape index (κ3) is 12.8. The average Bonchev–Trinajstić information content (AvgIpc) is 3.06. The Kier molecular flexibility index (Phi) is 18.1. The number of amides is 1. The molecule has 14 nitrogen and oxygen atoms in total. The molecule has 0 radical (unpaired) electrons. The summed E-state index contributed by atoms with van der Waals surface area (Å²) in [5.74, 6) is 0.652. The molecule has 4 unspecified atom stereocenters. The molecule has 1 saturated heterocycles. The third-order valence-electron chi connectivity index (χ3n) is 8.04. The highest BCUT2D eigenvalue weighted by Crippen LogP contribution is 2.25. The molecule has 1 aliphatic rings. The van der Waals surface area contributed by atoms with E-state index < -0.39 is 79.8 Å². The van der Waals surface area contributed by atoms with Crippen LogP contribution < -0.4 is 5.32 Å². The fraction of sp³-hybridized carbons (Fsp3) is 0.750. The molecule has 1 aliphatic heterocycles. The van der Waals surface area contributed by atoms with Crippen molar-refractivity contribution in [3.63, 3.8) is 0 Å². The third-order valence-corrected chi connectivity index (χ3v) is 9.53. The molecule has 1 aromatic rings. The molecule has 9 atom stereocenters. The van der Waals surface area contributed by atoms with Crippen LogP contribution in [0.1, 0.15) is 70.4 Å². The van der Waals surface area contributed by atoms with E-state index in [4.69, 9.17) is 9.47 Å². The van der Waals surface area contributed by atoms with E-state index in [0.29, 0.717) is 16.9 Å². The van der Waals surface area contributed by atoms with Gasteiger partial charge in [-0.05, 0) is 29.9 Å². The van der Waals surface area contributed by atoms with Gasteiger partial charge in [-0.15, -0.1) is 0 Å². The zero-order valence-electron chi connectivity index (χ0n) is 27.4. The lowest BCUT2D eigenvalue weighted by atomic mass is 9.98. The summed E-state index contributed by atoms with van der Waals surface area (Å²) >= 11 is 1.77. The van der Waals surface area contributed by atoms with Crippen molar-refractivity contribution in [1.29, 1.82) is 0 Å². The van der Waals surface area contributed by atoms with Gasteiger partial charge in [-0.2, -0.15) is 11.8 Å². The molecule has 0 bridgehead atoms. The van der Waals surface area contributed by atoms with Gasteiger partial charge in [-0.1, -0.05) is 51.2 Å². The van der Waals surface area contributed by atoms with E-state index in [1.54, 1.807) is 36.0 Å². The van der Waals surface area contributed by atoms with Crippen LogP contribution in [-0.4, -0.2) is 143 Å². The second kappa shape index (κ2) is 20.6. The number of benzene rings is 1. The van der Waals surface area contributed by atoms with Crippen LogP contribution in [-0.2, 0) is 20.8 Å². The van der Waals surface area contributed by atoms with Gasteiger partial charge in [0.1, 0.15) is 42.7 Å². The first-order chi connectivity index (χ1) is 22.3. The number of hydrogen-bond acceptors (Lipinski definition) is 13. The summed E-state index contributed by atoms with van der Waals surface area (Å²) in [6, 6.07) is 6.78. The Labute approximate surface area is 280 Å². The summed E-state index contributed by atoms with van der Waals surface area (Å²) in [5.41, 5.74) is 0.670. The van der Waals surface area contributed by atoms with Crippen LogP contribution in [0, 0.1) is 5.21 Å². The van der Waals surface area contributed by atoms with Gasteiger partial charge in [-0.25, -0.2) is 4.74 Å². The molecule has 0 spiro atoms. The Morgan fingerprint density at radius 1 is 1.04 bits per heavy atom. The van der Waals surface area contributed by atoms with Crippen molar-refractivity contribution < 1.29 is 59.9 Å².